The van der Waals surface area contributed by atoms with Crippen LogP contribution in [0.5, 0.6) is 11.5 Å². The molecule has 1 N–H and O–H groups in total. The highest BCUT2D eigenvalue weighted by Gasteiger charge is 2.32. The van der Waals surface area contributed by atoms with Gasteiger partial charge in [0.2, 0.25) is 15.9 Å². The van der Waals surface area contributed by atoms with E-state index >= 15 is 0 Å². The smallest absolute Gasteiger partial charge is 0.243 e. The van der Waals surface area contributed by atoms with E-state index < -0.39 is 10.0 Å². The molecular formula is C23H27N3O5S2. The third-order valence-electron chi connectivity index (χ3n) is 5.79. The van der Waals surface area contributed by atoms with Crippen molar-refractivity contribution in [2.75, 3.05) is 33.9 Å². The lowest BCUT2D eigenvalue weighted by molar-refractivity contribution is -0.126. The normalized spacial score (nSPS) is 15.5. The third kappa shape index (κ3) is 5.13. The molecule has 1 aliphatic rings. The minimum Gasteiger partial charge on any atom is -0.493 e. The number of benzene rings is 2. The molecule has 8 nitrogen and oxygen atoms in total. The van der Waals surface area contributed by atoms with Gasteiger partial charge in [-0.2, -0.15) is 4.31 Å². The van der Waals surface area contributed by atoms with Crippen LogP contribution in [0, 0.1) is 5.92 Å². The number of nitrogens with one attached hydrogen (secondary N) is 1. The van der Waals surface area contributed by atoms with E-state index in [4.69, 9.17) is 9.47 Å². The molecule has 0 bridgehead atoms. The zero-order valence-electron chi connectivity index (χ0n) is 18.6. The van der Waals surface area contributed by atoms with Crippen LogP contribution < -0.4 is 14.8 Å². The van der Waals surface area contributed by atoms with E-state index in [1.54, 1.807) is 17.4 Å². The van der Waals surface area contributed by atoms with Gasteiger partial charge in [0.05, 0.1) is 34.3 Å². The van der Waals surface area contributed by atoms with E-state index in [0.717, 1.165) is 15.2 Å². The predicted octanol–water partition coefficient (Wildman–Crippen LogP) is 3.07. The summed E-state index contributed by atoms with van der Waals surface area (Å²) in [6.07, 6.45) is 1.65. The molecule has 3 aromatic rings. The standard InChI is InChI=1S/C23H27N3O5S2/c1-30-19-8-7-17(15-20(19)31-2)33(28,29)26-13-10-16(11-14-26)23(27)24-12-9-22-25-18-5-3-4-6-21(18)32-22/h3-8,15-16H,9-14H2,1-2H3,(H,24,27). The maximum atomic E-state index is 13.1. The summed E-state index contributed by atoms with van der Waals surface area (Å²) >= 11 is 1.64. The topological polar surface area (TPSA) is 97.8 Å². The molecule has 2 heterocycles. The molecule has 1 fully saturated rings. The number of hydrogen-bond acceptors (Lipinski definition) is 7. The molecule has 0 unspecified atom stereocenters. The van der Waals surface area contributed by atoms with E-state index in [-0.39, 0.29) is 16.7 Å². The number of thiazole rings is 1. The SMILES string of the molecule is COc1ccc(S(=O)(=O)N2CCC(C(=O)NCCc3nc4ccccc4s3)CC2)cc1OC. The number of hydrogen-bond donors (Lipinski definition) is 1. The van der Waals surface area contributed by atoms with E-state index in [2.05, 4.69) is 10.3 Å². The van der Waals surface area contributed by atoms with Crippen LogP contribution in [0.2, 0.25) is 0 Å². The van der Waals surface area contributed by atoms with Crippen LogP contribution in [0.25, 0.3) is 10.2 Å². The molecule has 10 heteroatoms. The Balaban J connectivity index is 1.30. The summed E-state index contributed by atoms with van der Waals surface area (Å²) in [4.78, 5) is 17.4. The molecule has 4 rings (SSSR count). The quantitative estimate of drug-likeness (QED) is 0.522. The second-order valence-electron chi connectivity index (χ2n) is 7.81. The Morgan fingerprint density at radius 1 is 1.12 bits per heavy atom. The molecule has 1 amide bonds. The number of aromatic nitrogens is 1. The van der Waals surface area contributed by atoms with Crippen LogP contribution in [0.15, 0.2) is 47.4 Å². The molecule has 0 aliphatic carbocycles. The van der Waals surface area contributed by atoms with Gasteiger partial charge >= 0.3 is 0 Å². The fourth-order valence-corrected chi connectivity index (χ4v) is 6.40. The summed E-state index contributed by atoms with van der Waals surface area (Å²) in [5.74, 6) is 0.607. The number of para-hydroxylation sites is 1. The van der Waals surface area contributed by atoms with Gasteiger partial charge in [0.1, 0.15) is 0 Å². The van der Waals surface area contributed by atoms with Crippen molar-refractivity contribution in [3.63, 3.8) is 0 Å². The lowest BCUT2D eigenvalue weighted by atomic mass is 9.97. The van der Waals surface area contributed by atoms with Crippen molar-refractivity contribution in [3.05, 3.63) is 47.5 Å². The van der Waals surface area contributed by atoms with Gasteiger partial charge in [0.15, 0.2) is 11.5 Å². The summed E-state index contributed by atoms with van der Waals surface area (Å²) in [5, 5.41) is 3.98. The number of nitrogens with zero attached hydrogens (tertiary/aromatic N) is 2. The molecule has 33 heavy (non-hydrogen) atoms. The fourth-order valence-electron chi connectivity index (χ4n) is 3.95. The minimum atomic E-state index is -3.68. The monoisotopic (exact) mass is 489 g/mol. The molecular weight excluding hydrogens is 462 g/mol. The summed E-state index contributed by atoms with van der Waals surface area (Å²) in [7, 11) is -0.707. The maximum Gasteiger partial charge on any atom is 0.243 e. The van der Waals surface area contributed by atoms with Crippen molar-refractivity contribution in [2.45, 2.75) is 24.2 Å². The average Bonchev–Trinajstić information content (AvgIpc) is 3.26. The molecule has 0 spiro atoms. The van der Waals surface area contributed by atoms with Crippen molar-refractivity contribution >= 4 is 37.5 Å². The fraction of sp³-hybridized carbons (Fsp3) is 0.391. The Morgan fingerprint density at radius 2 is 1.85 bits per heavy atom. The number of sulfonamides is 1. The summed E-state index contributed by atoms with van der Waals surface area (Å²) < 4.78 is 39.1. The van der Waals surface area contributed by atoms with Crippen LogP contribution >= 0.6 is 11.3 Å². The van der Waals surface area contributed by atoms with Crippen LogP contribution in [0.4, 0.5) is 0 Å². The number of carbonyl (C=O) groups is 1. The molecule has 1 saturated heterocycles. The molecule has 0 atom stereocenters. The first kappa shape index (κ1) is 23.5. The molecule has 176 valence electrons. The number of rotatable bonds is 8. The Labute approximate surface area is 197 Å². The third-order valence-corrected chi connectivity index (χ3v) is 8.78. The zero-order valence-corrected chi connectivity index (χ0v) is 20.2. The summed E-state index contributed by atoms with van der Waals surface area (Å²) in [6.45, 7) is 1.11. The Hall–Kier alpha value is -2.69. The molecule has 0 saturated carbocycles. The highest BCUT2D eigenvalue weighted by molar-refractivity contribution is 7.89. The van der Waals surface area contributed by atoms with E-state index in [1.165, 1.54) is 30.7 Å². The molecule has 0 radical (unpaired) electrons. The van der Waals surface area contributed by atoms with Crippen molar-refractivity contribution in [1.82, 2.24) is 14.6 Å². The minimum absolute atomic E-state index is 0.0284. The predicted molar refractivity (Wildman–Crippen MR) is 127 cm³/mol. The van der Waals surface area contributed by atoms with E-state index in [1.807, 2.05) is 24.3 Å². The first-order valence-corrected chi connectivity index (χ1v) is 13.0. The van der Waals surface area contributed by atoms with Gasteiger partial charge in [0, 0.05) is 38.0 Å². The van der Waals surface area contributed by atoms with Crippen LogP contribution in [0.3, 0.4) is 0 Å². The number of amides is 1. The first-order chi connectivity index (χ1) is 15.9. The zero-order chi connectivity index (χ0) is 23.4. The first-order valence-electron chi connectivity index (χ1n) is 10.8. The van der Waals surface area contributed by atoms with Crippen molar-refractivity contribution < 1.29 is 22.7 Å². The van der Waals surface area contributed by atoms with Crippen molar-refractivity contribution in [2.24, 2.45) is 5.92 Å². The van der Waals surface area contributed by atoms with E-state index in [0.29, 0.717) is 50.4 Å². The Morgan fingerprint density at radius 3 is 2.55 bits per heavy atom. The Bertz CT molecular complexity index is 1200. The van der Waals surface area contributed by atoms with Gasteiger partial charge in [-0.05, 0) is 37.1 Å². The number of methoxy groups -OCH3 is 2. The summed E-state index contributed by atoms with van der Waals surface area (Å²) in [5.41, 5.74) is 0.979. The second-order valence-corrected chi connectivity index (χ2v) is 10.9. The highest BCUT2D eigenvalue weighted by atomic mass is 32.2. The second kappa shape index (κ2) is 10.1. The van der Waals surface area contributed by atoms with Crippen molar-refractivity contribution in [3.8, 4) is 11.5 Å². The van der Waals surface area contributed by atoms with Gasteiger partial charge < -0.3 is 14.8 Å². The number of fused-ring (bicyclic) bond motifs is 1. The van der Waals surface area contributed by atoms with Gasteiger partial charge in [-0.3, -0.25) is 4.79 Å². The average molecular weight is 490 g/mol. The number of carbonyl (C=O) groups excluding carboxylic acids is 1. The van der Waals surface area contributed by atoms with Gasteiger partial charge in [-0.15, -0.1) is 11.3 Å². The lowest BCUT2D eigenvalue weighted by Crippen LogP contribution is -2.43. The maximum absolute atomic E-state index is 13.1. The highest BCUT2D eigenvalue weighted by Crippen LogP contribution is 2.32. The van der Waals surface area contributed by atoms with E-state index in [9.17, 15) is 13.2 Å². The summed E-state index contributed by atoms with van der Waals surface area (Å²) in [6, 6.07) is 12.5. The van der Waals surface area contributed by atoms with Crippen molar-refractivity contribution in [1.29, 1.82) is 0 Å². The largest absolute Gasteiger partial charge is 0.493 e. The number of ether oxygens (including phenoxy) is 2. The lowest BCUT2D eigenvalue weighted by Gasteiger charge is -2.30. The van der Waals surface area contributed by atoms with Crippen LogP contribution in [0.1, 0.15) is 17.8 Å². The van der Waals surface area contributed by atoms with Crippen LogP contribution in [-0.4, -0.2) is 57.5 Å². The Kier molecular flexibility index (Phi) is 7.16. The molecule has 1 aliphatic heterocycles. The number of piperidine rings is 1. The van der Waals surface area contributed by atoms with Crippen LogP contribution in [-0.2, 0) is 21.2 Å². The molecule has 2 aromatic carbocycles. The van der Waals surface area contributed by atoms with Gasteiger partial charge in [0.25, 0.3) is 0 Å². The molecule has 1 aromatic heterocycles. The van der Waals surface area contributed by atoms with Gasteiger partial charge in [-0.1, -0.05) is 12.1 Å². The van der Waals surface area contributed by atoms with Gasteiger partial charge in [-0.25, -0.2) is 13.4 Å².